The minimum Gasteiger partial charge on any atom is -0.493 e. The Morgan fingerprint density at radius 1 is 1.14 bits per heavy atom. The molecule has 2 rings (SSSR count). The second-order valence-corrected chi connectivity index (χ2v) is 6.41. The van der Waals surface area contributed by atoms with Crippen molar-refractivity contribution in [3.63, 3.8) is 0 Å². The Bertz CT molecular complexity index is 922. The Morgan fingerprint density at radius 3 is 2.39 bits per heavy atom. The molecule has 0 aliphatic heterocycles. The lowest BCUT2D eigenvalue weighted by atomic mass is 10.1. The number of hydrogen-bond acceptors (Lipinski definition) is 6. The highest BCUT2D eigenvalue weighted by molar-refractivity contribution is 5.83. The fraction of sp³-hybridized carbons (Fsp3) is 0.368. The normalized spacial score (nSPS) is 11.8. The van der Waals surface area contributed by atoms with Gasteiger partial charge in [0.05, 0.1) is 19.9 Å². The molecular formula is C19H23N3O6. The predicted molar refractivity (Wildman–Crippen MR) is 101 cm³/mol. The van der Waals surface area contributed by atoms with Crippen LogP contribution in [0.5, 0.6) is 11.5 Å². The van der Waals surface area contributed by atoms with Crippen LogP contribution in [0, 0.1) is 5.92 Å². The summed E-state index contributed by atoms with van der Waals surface area (Å²) >= 11 is 0. The highest BCUT2D eigenvalue weighted by Crippen LogP contribution is 2.31. The molecule has 1 atom stereocenters. The summed E-state index contributed by atoms with van der Waals surface area (Å²) in [7, 11) is 3.03. The number of aromatic nitrogens is 2. The van der Waals surface area contributed by atoms with Crippen molar-refractivity contribution in [2.24, 2.45) is 5.92 Å². The lowest BCUT2D eigenvalue weighted by Gasteiger charge is -2.18. The Kier molecular flexibility index (Phi) is 6.75. The second-order valence-electron chi connectivity index (χ2n) is 6.41. The molecular weight excluding hydrogens is 366 g/mol. The molecule has 9 heteroatoms. The van der Waals surface area contributed by atoms with Crippen LogP contribution in [0.4, 0.5) is 0 Å². The van der Waals surface area contributed by atoms with Gasteiger partial charge in [-0.15, -0.1) is 0 Å². The molecule has 1 heterocycles. The minimum atomic E-state index is -1.14. The summed E-state index contributed by atoms with van der Waals surface area (Å²) in [5.41, 5.74) is 0.639. The van der Waals surface area contributed by atoms with Crippen molar-refractivity contribution in [3.8, 4) is 22.8 Å². The summed E-state index contributed by atoms with van der Waals surface area (Å²) < 4.78 is 11.4. The van der Waals surface area contributed by atoms with Gasteiger partial charge in [-0.1, -0.05) is 13.8 Å². The van der Waals surface area contributed by atoms with Crippen LogP contribution in [0.2, 0.25) is 0 Å². The summed E-state index contributed by atoms with van der Waals surface area (Å²) in [4.78, 5) is 35.5. The molecule has 9 nitrogen and oxygen atoms in total. The summed E-state index contributed by atoms with van der Waals surface area (Å²) in [6.45, 7) is 2.97. The van der Waals surface area contributed by atoms with Gasteiger partial charge in [0, 0.05) is 11.6 Å². The Labute approximate surface area is 161 Å². The summed E-state index contributed by atoms with van der Waals surface area (Å²) in [5, 5.41) is 15.8. The van der Waals surface area contributed by atoms with Crippen molar-refractivity contribution in [3.05, 3.63) is 40.7 Å². The molecule has 1 aromatic heterocycles. The number of nitrogens with one attached hydrogen (secondary N) is 1. The number of benzene rings is 1. The first-order valence-corrected chi connectivity index (χ1v) is 8.59. The zero-order valence-electron chi connectivity index (χ0n) is 16.1. The van der Waals surface area contributed by atoms with E-state index in [1.165, 1.54) is 26.4 Å². The van der Waals surface area contributed by atoms with Crippen LogP contribution in [0.25, 0.3) is 11.3 Å². The first-order chi connectivity index (χ1) is 13.3. The van der Waals surface area contributed by atoms with Gasteiger partial charge in [-0.2, -0.15) is 5.10 Å². The van der Waals surface area contributed by atoms with Crippen molar-refractivity contribution in [2.45, 2.75) is 26.4 Å². The lowest BCUT2D eigenvalue weighted by molar-refractivity contribution is -0.143. The van der Waals surface area contributed by atoms with E-state index in [1.807, 2.05) is 0 Å². The SMILES string of the molecule is COc1ccc(-c2ccc(=O)n(CC(=O)NC(C(=O)O)C(C)C)n2)cc1OC. The maximum absolute atomic E-state index is 12.2. The number of carbonyl (C=O) groups is 2. The number of amides is 1. The molecule has 1 aromatic carbocycles. The lowest BCUT2D eigenvalue weighted by Crippen LogP contribution is -2.46. The molecule has 0 radical (unpaired) electrons. The Balaban J connectivity index is 2.27. The number of ether oxygens (including phenoxy) is 2. The van der Waals surface area contributed by atoms with E-state index in [9.17, 15) is 19.5 Å². The zero-order chi connectivity index (χ0) is 20.8. The quantitative estimate of drug-likeness (QED) is 0.695. The molecule has 0 fully saturated rings. The van der Waals surface area contributed by atoms with Crippen molar-refractivity contribution in [1.29, 1.82) is 0 Å². The molecule has 2 N–H and O–H groups in total. The van der Waals surface area contributed by atoms with Gasteiger partial charge in [-0.3, -0.25) is 9.59 Å². The number of carbonyl (C=O) groups excluding carboxylic acids is 1. The largest absolute Gasteiger partial charge is 0.493 e. The van der Waals surface area contributed by atoms with Crippen LogP contribution >= 0.6 is 0 Å². The fourth-order valence-corrected chi connectivity index (χ4v) is 2.58. The maximum Gasteiger partial charge on any atom is 0.326 e. The fourth-order valence-electron chi connectivity index (χ4n) is 2.58. The molecule has 1 amide bonds. The smallest absolute Gasteiger partial charge is 0.326 e. The zero-order valence-corrected chi connectivity index (χ0v) is 16.1. The molecule has 0 saturated carbocycles. The molecule has 1 unspecified atom stereocenters. The maximum atomic E-state index is 12.2. The van der Waals surface area contributed by atoms with E-state index in [0.717, 1.165) is 4.68 Å². The summed E-state index contributed by atoms with van der Waals surface area (Å²) in [6, 6.07) is 6.94. The van der Waals surface area contributed by atoms with Crippen LogP contribution in [-0.2, 0) is 16.1 Å². The second kappa shape index (κ2) is 9.03. The highest BCUT2D eigenvalue weighted by atomic mass is 16.5. The van der Waals surface area contributed by atoms with Gasteiger partial charge < -0.3 is 19.9 Å². The van der Waals surface area contributed by atoms with E-state index in [0.29, 0.717) is 22.8 Å². The van der Waals surface area contributed by atoms with E-state index in [2.05, 4.69) is 10.4 Å². The number of nitrogens with zero attached hydrogens (tertiary/aromatic N) is 2. The third-order valence-corrected chi connectivity index (χ3v) is 4.09. The molecule has 0 aliphatic rings. The predicted octanol–water partition coefficient (Wildman–Crippen LogP) is 1.15. The molecule has 0 spiro atoms. The monoisotopic (exact) mass is 389 g/mol. The standard InChI is InChI=1S/C19H23N3O6/c1-11(2)18(19(25)26)20-16(23)10-22-17(24)8-6-13(21-22)12-5-7-14(27-3)15(9-12)28-4/h5-9,11,18H,10H2,1-4H3,(H,20,23)(H,25,26). The van der Waals surface area contributed by atoms with Crippen molar-refractivity contribution in [2.75, 3.05) is 14.2 Å². The summed E-state index contributed by atoms with van der Waals surface area (Å²) in [5.74, 6) is -1.00. The van der Waals surface area contributed by atoms with Gasteiger partial charge in [0.25, 0.3) is 5.56 Å². The van der Waals surface area contributed by atoms with Gasteiger partial charge in [-0.25, -0.2) is 9.48 Å². The molecule has 0 saturated heterocycles. The topological polar surface area (TPSA) is 120 Å². The van der Waals surface area contributed by atoms with Gasteiger partial charge >= 0.3 is 5.97 Å². The van der Waals surface area contributed by atoms with Gasteiger partial charge in [-0.05, 0) is 30.2 Å². The van der Waals surface area contributed by atoms with Gasteiger partial charge in [0.15, 0.2) is 11.5 Å². The molecule has 2 aromatic rings. The Hall–Kier alpha value is -3.36. The van der Waals surface area contributed by atoms with Crippen molar-refractivity contribution >= 4 is 11.9 Å². The van der Waals surface area contributed by atoms with E-state index in [-0.39, 0.29) is 5.92 Å². The average molecular weight is 389 g/mol. The number of rotatable bonds is 8. The van der Waals surface area contributed by atoms with E-state index in [1.54, 1.807) is 32.0 Å². The third kappa shape index (κ3) is 4.87. The molecule has 150 valence electrons. The van der Waals surface area contributed by atoms with Crippen LogP contribution in [-0.4, -0.2) is 47.0 Å². The third-order valence-electron chi connectivity index (χ3n) is 4.09. The van der Waals surface area contributed by atoms with Gasteiger partial charge in [0.2, 0.25) is 5.91 Å². The molecule has 0 bridgehead atoms. The Morgan fingerprint density at radius 2 is 1.82 bits per heavy atom. The number of carboxylic acid groups (broad SMARTS) is 1. The van der Waals surface area contributed by atoms with E-state index >= 15 is 0 Å². The number of hydrogen-bond donors (Lipinski definition) is 2. The van der Waals surface area contributed by atoms with Gasteiger partial charge in [0.1, 0.15) is 12.6 Å². The van der Waals surface area contributed by atoms with E-state index < -0.39 is 30.0 Å². The first-order valence-electron chi connectivity index (χ1n) is 8.59. The first kappa shape index (κ1) is 20.9. The van der Waals surface area contributed by atoms with Crippen molar-refractivity contribution < 1.29 is 24.2 Å². The number of methoxy groups -OCH3 is 2. The molecule has 28 heavy (non-hydrogen) atoms. The van der Waals surface area contributed by atoms with Crippen molar-refractivity contribution in [1.82, 2.24) is 15.1 Å². The van der Waals surface area contributed by atoms with E-state index in [4.69, 9.17) is 9.47 Å². The number of carboxylic acids is 1. The van der Waals surface area contributed by atoms with Crippen LogP contribution < -0.4 is 20.3 Å². The molecule has 0 aliphatic carbocycles. The highest BCUT2D eigenvalue weighted by Gasteiger charge is 2.23. The van der Waals surface area contributed by atoms with Crippen LogP contribution in [0.3, 0.4) is 0 Å². The van der Waals surface area contributed by atoms with Crippen LogP contribution in [0.15, 0.2) is 35.1 Å². The summed E-state index contributed by atoms with van der Waals surface area (Å²) in [6.07, 6.45) is 0. The van der Waals surface area contributed by atoms with Crippen LogP contribution in [0.1, 0.15) is 13.8 Å². The minimum absolute atomic E-state index is 0.302. The number of aliphatic carboxylic acids is 1. The average Bonchev–Trinajstić information content (AvgIpc) is 2.66.